The minimum absolute atomic E-state index is 0.0580. The molecule has 1 N–H and O–H groups in total. The molecule has 2 heterocycles. The van der Waals surface area contributed by atoms with E-state index in [2.05, 4.69) is 10.3 Å². The number of aryl methyl sites for hydroxylation is 1. The number of rotatable bonds is 6. The van der Waals surface area contributed by atoms with Crippen LogP contribution in [0.15, 0.2) is 67.0 Å². The Labute approximate surface area is 174 Å². The molecule has 0 bridgehead atoms. The summed E-state index contributed by atoms with van der Waals surface area (Å²) in [4.78, 5) is 30.3. The number of benzene rings is 2. The van der Waals surface area contributed by atoms with Crippen molar-refractivity contribution in [1.29, 1.82) is 0 Å². The first kappa shape index (κ1) is 19.4. The van der Waals surface area contributed by atoms with Crippen molar-refractivity contribution in [2.45, 2.75) is 6.92 Å². The molecule has 0 fully saturated rings. The van der Waals surface area contributed by atoms with Gasteiger partial charge in [-0.25, -0.2) is 0 Å². The van der Waals surface area contributed by atoms with E-state index in [4.69, 9.17) is 9.47 Å². The first-order valence-corrected chi connectivity index (χ1v) is 9.58. The average molecular weight is 403 g/mol. The van der Waals surface area contributed by atoms with E-state index in [0.717, 1.165) is 11.3 Å². The molecule has 7 nitrogen and oxygen atoms in total. The lowest BCUT2D eigenvalue weighted by Gasteiger charge is -2.29. The van der Waals surface area contributed by atoms with Gasteiger partial charge in [0.05, 0.1) is 17.8 Å². The number of ether oxygens (including phenoxy) is 2. The van der Waals surface area contributed by atoms with Gasteiger partial charge in [0.1, 0.15) is 18.1 Å². The second kappa shape index (κ2) is 8.65. The van der Waals surface area contributed by atoms with Gasteiger partial charge < -0.3 is 19.7 Å². The minimum Gasteiger partial charge on any atom is -0.492 e. The van der Waals surface area contributed by atoms with Crippen LogP contribution in [0.4, 0.5) is 11.4 Å². The molecule has 2 amide bonds. The predicted molar refractivity (Wildman–Crippen MR) is 113 cm³/mol. The summed E-state index contributed by atoms with van der Waals surface area (Å²) >= 11 is 0. The molecule has 0 unspecified atom stereocenters. The van der Waals surface area contributed by atoms with Gasteiger partial charge in [0.2, 0.25) is 0 Å². The highest BCUT2D eigenvalue weighted by atomic mass is 16.5. The number of pyridine rings is 1. The molecule has 7 heteroatoms. The molecule has 30 heavy (non-hydrogen) atoms. The zero-order valence-corrected chi connectivity index (χ0v) is 16.5. The fourth-order valence-corrected chi connectivity index (χ4v) is 3.12. The Balaban J connectivity index is 1.43. The lowest BCUT2D eigenvalue weighted by Crippen LogP contribution is -2.41. The standard InChI is InChI=1S/C23H21N3O4/c1-16-4-7-19(8-5-16)29-12-11-26-20-9-6-18(13-21(20)30-15-22(26)27)25-23(28)17-3-2-10-24-14-17/h2-10,13-14H,11-12,15H2,1H3,(H,25,28). The Morgan fingerprint density at radius 1 is 1.20 bits per heavy atom. The first-order valence-electron chi connectivity index (χ1n) is 9.58. The molecule has 0 spiro atoms. The summed E-state index contributed by atoms with van der Waals surface area (Å²) in [6, 6.07) is 16.4. The van der Waals surface area contributed by atoms with Crippen LogP contribution in [-0.2, 0) is 4.79 Å². The highest BCUT2D eigenvalue weighted by Crippen LogP contribution is 2.34. The normalized spacial score (nSPS) is 12.7. The van der Waals surface area contributed by atoms with E-state index in [1.165, 1.54) is 6.20 Å². The fraction of sp³-hybridized carbons (Fsp3) is 0.174. The van der Waals surface area contributed by atoms with E-state index < -0.39 is 0 Å². The molecule has 1 aliphatic heterocycles. The smallest absolute Gasteiger partial charge is 0.265 e. The number of carbonyl (C=O) groups excluding carboxylic acids is 2. The van der Waals surface area contributed by atoms with Gasteiger partial charge in [0.25, 0.3) is 11.8 Å². The molecule has 0 aliphatic carbocycles. The van der Waals surface area contributed by atoms with Crippen LogP contribution in [-0.4, -0.2) is 36.6 Å². The number of anilines is 2. The molecular formula is C23H21N3O4. The van der Waals surface area contributed by atoms with Crippen LogP contribution >= 0.6 is 0 Å². The molecule has 2 aromatic carbocycles. The quantitative estimate of drug-likeness (QED) is 0.682. The average Bonchev–Trinajstić information content (AvgIpc) is 2.77. The van der Waals surface area contributed by atoms with E-state index >= 15 is 0 Å². The summed E-state index contributed by atoms with van der Waals surface area (Å²) in [6.45, 7) is 2.70. The van der Waals surface area contributed by atoms with Crippen LogP contribution < -0.4 is 19.7 Å². The maximum Gasteiger partial charge on any atom is 0.265 e. The minimum atomic E-state index is -0.265. The highest BCUT2D eigenvalue weighted by molar-refractivity contribution is 6.04. The van der Waals surface area contributed by atoms with Crippen molar-refractivity contribution in [3.05, 3.63) is 78.1 Å². The number of fused-ring (bicyclic) bond motifs is 1. The van der Waals surface area contributed by atoms with Crippen molar-refractivity contribution < 1.29 is 19.1 Å². The maximum absolute atomic E-state index is 12.4. The number of aromatic nitrogens is 1. The number of carbonyl (C=O) groups is 2. The predicted octanol–water partition coefficient (Wildman–Crippen LogP) is 3.45. The summed E-state index contributed by atoms with van der Waals surface area (Å²) in [5.41, 5.74) is 2.85. The van der Waals surface area contributed by atoms with Crippen molar-refractivity contribution in [2.24, 2.45) is 0 Å². The second-order valence-corrected chi connectivity index (χ2v) is 6.87. The van der Waals surface area contributed by atoms with E-state index in [1.54, 1.807) is 41.4 Å². The summed E-state index contributed by atoms with van der Waals surface area (Å²) in [5.74, 6) is 0.893. The van der Waals surface area contributed by atoms with Crippen LogP contribution in [0.3, 0.4) is 0 Å². The summed E-state index contributed by atoms with van der Waals surface area (Å²) in [6.07, 6.45) is 3.11. The van der Waals surface area contributed by atoms with Crippen molar-refractivity contribution >= 4 is 23.2 Å². The molecule has 0 saturated heterocycles. The Hall–Kier alpha value is -3.87. The van der Waals surface area contributed by atoms with E-state index in [-0.39, 0.29) is 18.4 Å². The Kier molecular flexibility index (Phi) is 5.61. The molecular weight excluding hydrogens is 382 g/mol. The molecule has 3 aromatic rings. The summed E-state index contributed by atoms with van der Waals surface area (Å²) in [5, 5.41) is 2.82. The van der Waals surface area contributed by atoms with Crippen molar-refractivity contribution in [2.75, 3.05) is 30.0 Å². The van der Waals surface area contributed by atoms with Crippen LogP contribution in [0.2, 0.25) is 0 Å². The summed E-state index contributed by atoms with van der Waals surface area (Å²) < 4.78 is 11.3. The van der Waals surface area contributed by atoms with Crippen LogP contribution in [0.1, 0.15) is 15.9 Å². The van der Waals surface area contributed by atoms with Gasteiger partial charge in [0.15, 0.2) is 6.61 Å². The van der Waals surface area contributed by atoms with Crippen LogP contribution in [0.5, 0.6) is 11.5 Å². The molecule has 4 rings (SSSR count). The number of nitrogens with one attached hydrogen (secondary N) is 1. The molecule has 0 saturated carbocycles. The maximum atomic E-state index is 12.4. The van der Waals surface area contributed by atoms with Gasteiger partial charge in [-0.1, -0.05) is 17.7 Å². The van der Waals surface area contributed by atoms with Crippen molar-refractivity contribution in [3.8, 4) is 11.5 Å². The van der Waals surface area contributed by atoms with Gasteiger partial charge in [0, 0.05) is 24.1 Å². The molecule has 0 atom stereocenters. The number of hydrogen-bond acceptors (Lipinski definition) is 5. The summed E-state index contributed by atoms with van der Waals surface area (Å²) in [7, 11) is 0. The number of amides is 2. The number of nitrogens with zero attached hydrogens (tertiary/aromatic N) is 2. The van der Waals surface area contributed by atoms with Gasteiger partial charge >= 0.3 is 0 Å². The SMILES string of the molecule is Cc1ccc(OCCN2C(=O)COc3cc(NC(=O)c4cccnc4)ccc32)cc1. The van der Waals surface area contributed by atoms with Gasteiger partial charge in [-0.3, -0.25) is 14.6 Å². The lowest BCUT2D eigenvalue weighted by molar-refractivity contribution is -0.121. The first-order chi connectivity index (χ1) is 14.6. The lowest BCUT2D eigenvalue weighted by atomic mass is 10.2. The van der Waals surface area contributed by atoms with Gasteiger partial charge in [-0.05, 0) is 43.3 Å². The molecule has 1 aromatic heterocycles. The third-order valence-electron chi connectivity index (χ3n) is 4.69. The molecule has 0 radical (unpaired) electrons. The van der Waals surface area contributed by atoms with Crippen molar-refractivity contribution in [3.63, 3.8) is 0 Å². The third-order valence-corrected chi connectivity index (χ3v) is 4.69. The second-order valence-electron chi connectivity index (χ2n) is 6.87. The van der Waals surface area contributed by atoms with Gasteiger partial charge in [-0.2, -0.15) is 0 Å². The largest absolute Gasteiger partial charge is 0.492 e. The van der Waals surface area contributed by atoms with Gasteiger partial charge in [-0.15, -0.1) is 0 Å². The Bertz CT molecular complexity index is 1050. The zero-order chi connectivity index (χ0) is 20.9. The van der Waals surface area contributed by atoms with Crippen LogP contribution in [0.25, 0.3) is 0 Å². The van der Waals surface area contributed by atoms with E-state index in [9.17, 15) is 9.59 Å². The fourth-order valence-electron chi connectivity index (χ4n) is 3.12. The Morgan fingerprint density at radius 2 is 2.03 bits per heavy atom. The third kappa shape index (κ3) is 4.41. The topological polar surface area (TPSA) is 80.8 Å². The van der Waals surface area contributed by atoms with E-state index in [0.29, 0.717) is 35.8 Å². The zero-order valence-electron chi connectivity index (χ0n) is 16.5. The molecule has 152 valence electrons. The Morgan fingerprint density at radius 3 is 2.80 bits per heavy atom. The van der Waals surface area contributed by atoms with E-state index in [1.807, 2.05) is 31.2 Å². The number of hydrogen-bond donors (Lipinski definition) is 1. The van der Waals surface area contributed by atoms with Crippen LogP contribution in [0, 0.1) is 6.92 Å². The monoisotopic (exact) mass is 403 g/mol. The highest BCUT2D eigenvalue weighted by Gasteiger charge is 2.26. The van der Waals surface area contributed by atoms with Crippen molar-refractivity contribution in [1.82, 2.24) is 4.98 Å². The molecule has 1 aliphatic rings.